The Morgan fingerprint density at radius 3 is 2.61 bits per heavy atom. The Balaban J connectivity index is 0.000000640. The predicted molar refractivity (Wildman–Crippen MR) is 113 cm³/mol. The number of aryl methyl sites for hydroxylation is 1. The van der Waals surface area contributed by atoms with Gasteiger partial charge in [-0.2, -0.15) is 0 Å². The molecule has 1 saturated heterocycles. The summed E-state index contributed by atoms with van der Waals surface area (Å²) in [6, 6.07) is 8.32. The van der Waals surface area contributed by atoms with E-state index < -0.39 is 0 Å². The van der Waals surface area contributed by atoms with E-state index in [9.17, 15) is 0 Å². The summed E-state index contributed by atoms with van der Waals surface area (Å²) in [6.45, 7) is 10.3. The third-order valence-corrected chi connectivity index (χ3v) is 4.33. The molecule has 0 spiro atoms. The molecule has 2 aromatic rings. The molecule has 1 aliphatic rings. The van der Waals surface area contributed by atoms with Crippen LogP contribution in [0.4, 0.5) is 11.5 Å². The Hall–Kier alpha value is -3.06. The number of carbonyl (C=O) groups is 1. The average molecular weight is 384 g/mol. The SMILES string of the molecule is C=Cc1cc(Oc2cc(N3CCNCC3)ccc2C)cnc1NC.COC=O. The highest BCUT2D eigenvalue weighted by Crippen LogP contribution is 2.31. The van der Waals surface area contributed by atoms with E-state index in [-0.39, 0.29) is 0 Å². The van der Waals surface area contributed by atoms with Gasteiger partial charge >= 0.3 is 0 Å². The van der Waals surface area contributed by atoms with Crippen LogP contribution in [0, 0.1) is 6.92 Å². The van der Waals surface area contributed by atoms with Gasteiger partial charge in [0.25, 0.3) is 6.47 Å². The summed E-state index contributed by atoms with van der Waals surface area (Å²) >= 11 is 0. The number of methoxy groups -OCH3 is 1. The first-order valence-corrected chi connectivity index (χ1v) is 9.13. The van der Waals surface area contributed by atoms with Gasteiger partial charge in [-0.05, 0) is 24.6 Å². The smallest absolute Gasteiger partial charge is 0.292 e. The second-order valence-corrected chi connectivity index (χ2v) is 6.18. The first-order valence-electron chi connectivity index (χ1n) is 9.13. The predicted octanol–water partition coefficient (Wildman–Crippen LogP) is 3.07. The van der Waals surface area contributed by atoms with E-state index in [2.05, 4.69) is 57.0 Å². The normalized spacial score (nSPS) is 13.0. The van der Waals surface area contributed by atoms with Crippen molar-refractivity contribution in [1.29, 1.82) is 0 Å². The summed E-state index contributed by atoms with van der Waals surface area (Å²) in [5.41, 5.74) is 3.22. The van der Waals surface area contributed by atoms with Crippen molar-refractivity contribution >= 4 is 24.1 Å². The number of hydrogen-bond donors (Lipinski definition) is 2. The van der Waals surface area contributed by atoms with Crippen LogP contribution in [0.2, 0.25) is 0 Å². The fourth-order valence-electron chi connectivity index (χ4n) is 2.83. The van der Waals surface area contributed by atoms with Crippen molar-refractivity contribution in [3.63, 3.8) is 0 Å². The number of hydrogen-bond acceptors (Lipinski definition) is 7. The quantitative estimate of drug-likeness (QED) is 0.741. The van der Waals surface area contributed by atoms with Crippen LogP contribution in [0.5, 0.6) is 11.5 Å². The van der Waals surface area contributed by atoms with Crippen LogP contribution in [-0.2, 0) is 9.53 Å². The van der Waals surface area contributed by atoms with Gasteiger partial charge in [0.1, 0.15) is 17.3 Å². The molecule has 0 saturated carbocycles. The number of piperazine rings is 1. The second kappa shape index (κ2) is 10.9. The summed E-state index contributed by atoms with van der Waals surface area (Å²) in [6.07, 6.45) is 3.51. The van der Waals surface area contributed by atoms with Crippen molar-refractivity contribution < 1.29 is 14.3 Å². The molecule has 28 heavy (non-hydrogen) atoms. The number of benzene rings is 1. The van der Waals surface area contributed by atoms with E-state index in [1.54, 1.807) is 12.3 Å². The highest BCUT2D eigenvalue weighted by atomic mass is 16.5. The van der Waals surface area contributed by atoms with Gasteiger partial charge < -0.3 is 25.0 Å². The third kappa shape index (κ3) is 5.72. The van der Waals surface area contributed by atoms with Gasteiger partial charge in [0.15, 0.2) is 0 Å². The van der Waals surface area contributed by atoms with Gasteiger partial charge in [-0.1, -0.05) is 18.7 Å². The molecular formula is C21H28N4O3. The molecule has 0 radical (unpaired) electrons. The maximum absolute atomic E-state index is 8.95. The molecule has 3 rings (SSSR count). The van der Waals surface area contributed by atoms with E-state index in [1.807, 2.05) is 13.1 Å². The van der Waals surface area contributed by atoms with Gasteiger partial charge in [0.2, 0.25) is 0 Å². The minimum atomic E-state index is 0.375. The zero-order valence-electron chi connectivity index (χ0n) is 16.7. The van der Waals surface area contributed by atoms with E-state index in [4.69, 9.17) is 9.53 Å². The maximum Gasteiger partial charge on any atom is 0.292 e. The van der Waals surface area contributed by atoms with Crippen molar-refractivity contribution in [2.75, 3.05) is 50.6 Å². The molecule has 150 valence electrons. The second-order valence-electron chi connectivity index (χ2n) is 6.18. The lowest BCUT2D eigenvalue weighted by molar-refractivity contribution is -0.126. The maximum atomic E-state index is 8.95. The molecular weight excluding hydrogens is 356 g/mol. The monoisotopic (exact) mass is 384 g/mol. The summed E-state index contributed by atoms with van der Waals surface area (Å²) in [4.78, 5) is 15.7. The number of nitrogens with one attached hydrogen (secondary N) is 2. The number of rotatable bonds is 6. The number of ether oxygens (including phenoxy) is 2. The zero-order chi connectivity index (χ0) is 20.4. The minimum absolute atomic E-state index is 0.375. The van der Waals surface area contributed by atoms with Crippen LogP contribution in [0.15, 0.2) is 37.0 Å². The first-order chi connectivity index (χ1) is 13.6. The molecule has 1 aromatic heterocycles. The summed E-state index contributed by atoms with van der Waals surface area (Å²) in [5, 5.41) is 6.43. The van der Waals surface area contributed by atoms with Gasteiger partial charge in [-0.15, -0.1) is 0 Å². The molecule has 7 nitrogen and oxygen atoms in total. The molecule has 1 fully saturated rings. The van der Waals surface area contributed by atoms with E-state index in [0.717, 1.165) is 48.9 Å². The van der Waals surface area contributed by atoms with Crippen molar-refractivity contribution in [3.8, 4) is 11.5 Å². The van der Waals surface area contributed by atoms with Crippen LogP contribution in [-0.4, -0.2) is 51.8 Å². The Kier molecular flexibility index (Phi) is 8.30. The molecule has 1 aliphatic heterocycles. The minimum Gasteiger partial charge on any atom is -0.471 e. The summed E-state index contributed by atoms with van der Waals surface area (Å²) in [7, 11) is 3.16. The first kappa shape index (κ1) is 21.2. The molecule has 0 amide bonds. The van der Waals surface area contributed by atoms with Crippen molar-refractivity contribution in [2.45, 2.75) is 6.92 Å². The average Bonchev–Trinajstić information content (AvgIpc) is 2.76. The molecule has 0 bridgehead atoms. The lowest BCUT2D eigenvalue weighted by atomic mass is 10.1. The van der Waals surface area contributed by atoms with Crippen molar-refractivity contribution in [2.24, 2.45) is 0 Å². The highest BCUT2D eigenvalue weighted by Gasteiger charge is 2.13. The highest BCUT2D eigenvalue weighted by molar-refractivity contribution is 5.63. The lowest BCUT2D eigenvalue weighted by Crippen LogP contribution is -2.43. The molecule has 1 aromatic carbocycles. The van der Waals surface area contributed by atoms with Gasteiger partial charge in [-0.3, -0.25) is 4.79 Å². The molecule has 7 heteroatoms. The number of carbonyl (C=O) groups excluding carboxylic acids is 1. The number of aromatic nitrogens is 1. The zero-order valence-corrected chi connectivity index (χ0v) is 16.7. The topological polar surface area (TPSA) is 75.7 Å². The standard InChI is InChI=1S/C19H24N4O.C2H4O2/c1-4-15-11-17(13-22-19(15)20-3)24-18-12-16(6-5-14(18)2)23-9-7-21-8-10-23;1-4-2-3/h4-6,11-13,21H,1,7-10H2,2-3H3,(H,20,22);2H,1H3. The molecule has 0 atom stereocenters. The van der Waals surface area contributed by atoms with Crippen LogP contribution in [0.25, 0.3) is 6.08 Å². The Morgan fingerprint density at radius 1 is 1.29 bits per heavy atom. The van der Waals surface area contributed by atoms with Crippen LogP contribution < -0.4 is 20.3 Å². The summed E-state index contributed by atoms with van der Waals surface area (Å²) < 4.78 is 9.96. The lowest BCUT2D eigenvalue weighted by Gasteiger charge is -2.30. The Labute approximate surface area is 166 Å². The number of nitrogens with zero attached hydrogens (tertiary/aromatic N) is 2. The van der Waals surface area contributed by atoms with Crippen LogP contribution >= 0.6 is 0 Å². The van der Waals surface area contributed by atoms with Gasteiger partial charge in [-0.25, -0.2) is 4.98 Å². The molecule has 2 N–H and O–H groups in total. The van der Waals surface area contributed by atoms with Crippen molar-refractivity contribution in [1.82, 2.24) is 10.3 Å². The third-order valence-electron chi connectivity index (χ3n) is 4.33. The number of pyridine rings is 1. The van der Waals surface area contributed by atoms with Gasteiger partial charge in [0.05, 0.1) is 13.3 Å². The van der Waals surface area contributed by atoms with E-state index >= 15 is 0 Å². The Bertz CT molecular complexity index is 789. The van der Waals surface area contributed by atoms with Crippen LogP contribution in [0.1, 0.15) is 11.1 Å². The largest absolute Gasteiger partial charge is 0.471 e. The molecule has 2 heterocycles. The van der Waals surface area contributed by atoms with Crippen molar-refractivity contribution in [3.05, 3.63) is 48.2 Å². The van der Waals surface area contributed by atoms with Crippen LogP contribution in [0.3, 0.4) is 0 Å². The molecule has 0 unspecified atom stereocenters. The fraction of sp³-hybridized carbons (Fsp3) is 0.333. The fourth-order valence-corrected chi connectivity index (χ4v) is 2.83. The van der Waals surface area contributed by atoms with E-state index in [1.165, 1.54) is 12.8 Å². The Morgan fingerprint density at radius 2 is 2.00 bits per heavy atom. The van der Waals surface area contributed by atoms with E-state index in [0.29, 0.717) is 12.2 Å². The molecule has 0 aliphatic carbocycles. The number of anilines is 2. The van der Waals surface area contributed by atoms with Gasteiger partial charge in [0, 0.05) is 50.5 Å². The summed E-state index contributed by atoms with van der Waals surface area (Å²) in [5.74, 6) is 2.37.